The maximum atomic E-state index is 14.9. The Morgan fingerprint density at radius 1 is 1.42 bits per heavy atom. The molecule has 4 N–H and O–H groups in total. The largest absolute Gasteiger partial charge is 0.390 e. The number of nitrogens with zero attached hydrogens (tertiary/aromatic N) is 5. The van der Waals surface area contributed by atoms with Crippen LogP contribution < -0.4 is 10.6 Å². The Hall–Kier alpha value is -2.11. The van der Waals surface area contributed by atoms with E-state index in [0.29, 0.717) is 11.3 Å². The molecule has 1 aliphatic heterocycles. The lowest BCUT2D eigenvalue weighted by Crippen LogP contribution is -2.46. The Morgan fingerprint density at radius 2 is 2.08 bits per heavy atom. The summed E-state index contributed by atoms with van der Waals surface area (Å²) in [4.78, 5) is 13.8. The van der Waals surface area contributed by atoms with Crippen molar-refractivity contribution in [3.63, 3.8) is 0 Å². The van der Waals surface area contributed by atoms with Gasteiger partial charge < -0.3 is 25.6 Å². The molecule has 0 aliphatic carbocycles. The Labute approximate surface area is 135 Å². The van der Waals surface area contributed by atoms with E-state index in [-0.39, 0.29) is 11.6 Å². The van der Waals surface area contributed by atoms with Crippen molar-refractivity contribution >= 4 is 22.9 Å². The van der Waals surface area contributed by atoms with E-state index >= 15 is 0 Å². The second-order valence-electron chi connectivity index (χ2n) is 6.09. The molecule has 0 radical (unpaired) electrons. The van der Waals surface area contributed by atoms with Crippen molar-refractivity contribution in [2.75, 3.05) is 31.3 Å². The minimum Gasteiger partial charge on any atom is -0.390 e. The lowest BCUT2D eigenvalue weighted by atomic mass is 9.97. The fourth-order valence-corrected chi connectivity index (χ4v) is 2.78. The number of alkyl halides is 2. The molecule has 2 aromatic rings. The van der Waals surface area contributed by atoms with E-state index in [9.17, 15) is 13.9 Å². The number of aromatic nitrogens is 4. The number of fused-ring (bicyclic) bond motifs is 1. The van der Waals surface area contributed by atoms with Crippen molar-refractivity contribution in [1.29, 1.82) is 0 Å². The molecule has 0 bridgehead atoms. The summed E-state index contributed by atoms with van der Waals surface area (Å²) in [6.07, 6.45) is -2.59. The third-order valence-corrected chi connectivity index (χ3v) is 4.05. The fraction of sp³-hybridized carbons (Fsp3) is 0.615. The summed E-state index contributed by atoms with van der Waals surface area (Å²) in [6, 6.07) is 0. The SMILES string of the molecule is CN(C)c1nc(N)nc2c1ncn2[C@@H]1O[C@](F)(CO)[C@@H](O)[C@@]1(C)F. The van der Waals surface area contributed by atoms with Gasteiger partial charge in [-0.25, -0.2) is 13.8 Å². The molecule has 1 saturated heterocycles. The molecule has 0 unspecified atom stereocenters. The minimum atomic E-state index is -2.94. The molecule has 24 heavy (non-hydrogen) atoms. The number of nitrogens with two attached hydrogens (primary N) is 1. The van der Waals surface area contributed by atoms with Gasteiger partial charge in [-0.05, 0) is 6.92 Å². The lowest BCUT2D eigenvalue weighted by Gasteiger charge is -2.24. The standard InChI is InChI=1S/C13H18F2N6O3/c1-12(14)9(23)13(15,4-22)24-10(12)21-5-17-6-7(20(2)3)18-11(16)19-8(6)21/h5,9-10,22-23H,4H2,1-3H3,(H2,16,18,19)/t9-,10+,12+,13+/m0/s1. The number of halogens is 2. The van der Waals surface area contributed by atoms with Crippen LogP contribution in [0, 0.1) is 0 Å². The summed E-state index contributed by atoms with van der Waals surface area (Å²) < 4.78 is 35.5. The number of aliphatic hydroxyl groups is 2. The van der Waals surface area contributed by atoms with Gasteiger partial charge in [0.25, 0.3) is 5.85 Å². The molecule has 9 nitrogen and oxygen atoms in total. The van der Waals surface area contributed by atoms with Crippen LogP contribution in [0.25, 0.3) is 11.2 Å². The third kappa shape index (κ3) is 2.19. The van der Waals surface area contributed by atoms with E-state index in [1.165, 1.54) is 6.33 Å². The van der Waals surface area contributed by atoms with Crippen molar-refractivity contribution in [1.82, 2.24) is 19.5 Å². The van der Waals surface area contributed by atoms with Gasteiger partial charge in [0, 0.05) is 14.1 Å². The monoisotopic (exact) mass is 344 g/mol. The van der Waals surface area contributed by atoms with Crippen LogP contribution in [-0.2, 0) is 4.74 Å². The van der Waals surface area contributed by atoms with E-state index in [1.54, 1.807) is 19.0 Å². The van der Waals surface area contributed by atoms with Crippen molar-refractivity contribution in [3.05, 3.63) is 6.33 Å². The molecule has 0 spiro atoms. The van der Waals surface area contributed by atoms with Gasteiger partial charge in [0.05, 0.1) is 6.33 Å². The van der Waals surface area contributed by atoms with Crippen LogP contribution in [-0.4, -0.2) is 68.1 Å². The number of imidazole rings is 1. The van der Waals surface area contributed by atoms with Gasteiger partial charge in [-0.1, -0.05) is 0 Å². The van der Waals surface area contributed by atoms with Crippen molar-refractivity contribution in [3.8, 4) is 0 Å². The predicted octanol–water partition coefficient (Wildman–Crippen LogP) is -0.250. The van der Waals surface area contributed by atoms with Crippen LogP contribution in [0.15, 0.2) is 6.33 Å². The van der Waals surface area contributed by atoms with E-state index in [4.69, 9.17) is 15.6 Å². The summed E-state index contributed by atoms with van der Waals surface area (Å²) in [7, 11) is 3.43. The zero-order valence-corrected chi connectivity index (χ0v) is 13.3. The first kappa shape index (κ1) is 16.7. The third-order valence-electron chi connectivity index (χ3n) is 4.05. The summed E-state index contributed by atoms with van der Waals surface area (Å²) >= 11 is 0. The highest BCUT2D eigenvalue weighted by molar-refractivity contribution is 5.84. The summed E-state index contributed by atoms with van der Waals surface area (Å²) in [6.45, 7) is -0.223. The summed E-state index contributed by atoms with van der Waals surface area (Å²) in [5.41, 5.74) is 3.57. The van der Waals surface area contributed by atoms with Gasteiger partial charge in [0.15, 0.2) is 35.0 Å². The minimum absolute atomic E-state index is 0.0827. The van der Waals surface area contributed by atoms with E-state index in [1.807, 2.05) is 0 Å². The van der Waals surface area contributed by atoms with E-state index < -0.39 is 30.5 Å². The lowest BCUT2D eigenvalue weighted by molar-refractivity contribution is -0.206. The van der Waals surface area contributed by atoms with Gasteiger partial charge in [-0.3, -0.25) is 4.57 Å². The van der Waals surface area contributed by atoms with E-state index in [2.05, 4.69) is 15.0 Å². The van der Waals surface area contributed by atoms with Crippen LogP contribution in [0.5, 0.6) is 0 Å². The number of aliphatic hydroxyl groups excluding tert-OH is 2. The highest BCUT2D eigenvalue weighted by Crippen LogP contribution is 2.48. The maximum Gasteiger partial charge on any atom is 0.263 e. The fourth-order valence-electron chi connectivity index (χ4n) is 2.78. The molecular formula is C13H18F2N6O3. The van der Waals surface area contributed by atoms with Gasteiger partial charge in [-0.2, -0.15) is 9.97 Å². The van der Waals surface area contributed by atoms with Crippen LogP contribution >= 0.6 is 0 Å². The molecule has 4 atom stereocenters. The van der Waals surface area contributed by atoms with Crippen molar-refractivity contribution < 1.29 is 23.7 Å². The van der Waals surface area contributed by atoms with Crippen LogP contribution in [0.4, 0.5) is 20.5 Å². The number of nitrogen functional groups attached to an aromatic ring is 1. The molecule has 3 rings (SSSR count). The zero-order valence-electron chi connectivity index (χ0n) is 13.3. The van der Waals surface area contributed by atoms with Crippen molar-refractivity contribution in [2.45, 2.75) is 30.8 Å². The second kappa shape index (κ2) is 5.19. The van der Waals surface area contributed by atoms with Gasteiger partial charge >= 0.3 is 0 Å². The number of hydrogen-bond acceptors (Lipinski definition) is 8. The smallest absolute Gasteiger partial charge is 0.263 e. The van der Waals surface area contributed by atoms with Gasteiger partial charge in [-0.15, -0.1) is 0 Å². The van der Waals surface area contributed by atoms with Crippen LogP contribution in [0.2, 0.25) is 0 Å². The highest BCUT2D eigenvalue weighted by atomic mass is 19.2. The number of anilines is 2. The normalized spacial score (nSPS) is 33.3. The van der Waals surface area contributed by atoms with E-state index in [0.717, 1.165) is 11.5 Å². The summed E-state index contributed by atoms with van der Waals surface area (Å²) in [5.74, 6) is -2.63. The first-order chi connectivity index (χ1) is 11.1. The maximum absolute atomic E-state index is 14.9. The predicted molar refractivity (Wildman–Crippen MR) is 80.6 cm³/mol. The first-order valence-electron chi connectivity index (χ1n) is 7.13. The Kier molecular flexibility index (Phi) is 3.62. The zero-order chi connectivity index (χ0) is 17.9. The molecule has 0 amide bonds. The molecule has 2 aromatic heterocycles. The quantitative estimate of drug-likeness (QED) is 0.697. The highest BCUT2D eigenvalue weighted by Gasteiger charge is 2.64. The molecular weight excluding hydrogens is 326 g/mol. The molecule has 11 heteroatoms. The molecule has 0 aromatic carbocycles. The number of ether oxygens (including phenoxy) is 1. The Balaban J connectivity index is 2.17. The Morgan fingerprint density at radius 3 is 2.62 bits per heavy atom. The molecule has 132 valence electrons. The van der Waals surface area contributed by atoms with Crippen LogP contribution in [0.3, 0.4) is 0 Å². The Bertz CT molecular complexity index is 782. The second-order valence-corrected chi connectivity index (χ2v) is 6.09. The average molecular weight is 344 g/mol. The summed E-state index contributed by atoms with van der Waals surface area (Å²) in [5, 5.41) is 19.0. The molecule has 1 aliphatic rings. The number of rotatable bonds is 3. The topological polar surface area (TPSA) is 123 Å². The number of hydrogen-bond donors (Lipinski definition) is 3. The molecule has 0 saturated carbocycles. The van der Waals surface area contributed by atoms with Gasteiger partial charge in [0.2, 0.25) is 5.95 Å². The van der Waals surface area contributed by atoms with Gasteiger partial charge in [0.1, 0.15) is 6.61 Å². The first-order valence-corrected chi connectivity index (χ1v) is 7.13. The average Bonchev–Trinajstić information content (AvgIpc) is 3.00. The van der Waals surface area contributed by atoms with Crippen LogP contribution in [0.1, 0.15) is 13.2 Å². The molecule has 3 heterocycles. The van der Waals surface area contributed by atoms with Crippen molar-refractivity contribution in [2.24, 2.45) is 0 Å². The molecule has 1 fully saturated rings.